The maximum absolute atomic E-state index is 11.6. The molecule has 0 aliphatic carbocycles. The van der Waals surface area contributed by atoms with E-state index in [4.69, 9.17) is 0 Å². The summed E-state index contributed by atoms with van der Waals surface area (Å²) in [4.78, 5) is 8.90. The van der Waals surface area contributed by atoms with Crippen LogP contribution in [0.5, 0.6) is 0 Å². The molecule has 1 N–H and O–H groups in total. The molecule has 18 heavy (non-hydrogen) atoms. The quantitative estimate of drug-likeness (QED) is 0.860. The van der Waals surface area contributed by atoms with Crippen LogP contribution < -0.4 is 5.32 Å². The SMILES string of the molecule is CNC(C)Cc1nc(C)c2c(n1)CS(=O)(=O)CC2. The van der Waals surface area contributed by atoms with Crippen molar-refractivity contribution in [2.24, 2.45) is 0 Å². The van der Waals surface area contributed by atoms with Crippen LogP contribution >= 0.6 is 0 Å². The number of aromatic nitrogens is 2. The van der Waals surface area contributed by atoms with Crippen LogP contribution in [0.2, 0.25) is 0 Å². The summed E-state index contributed by atoms with van der Waals surface area (Å²) in [5.74, 6) is 1.01. The summed E-state index contributed by atoms with van der Waals surface area (Å²) >= 11 is 0. The second-order valence-corrected chi connectivity index (χ2v) is 7.07. The number of fused-ring (bicyclic) bond motifs is 1. The van der Waals surface area contributed by atoms with Crippen LogP contribution in [0.1, 0.15) is 29.7 Å². The first-order valence-corrected chi connectivity index (χ1v) is 7.96. The summed E-state index contributed by atoms with van der Waals surface area (Å²) in [6.07, 6.45) is 1.26. The van der Waals surface area contributed by atoms with E-state index in [1.54, 1.807) is 0 Å². The van der Waals surface area contributed by atoms with Crippen LogP contribution in [0.15, 0.2) is 0 Å². The molecule has 2 heterocycles. The number of rotatable bonds is 3. The van der Waals surface area contributed by atoms with E-state index in [1.165, 1.54) is 0 Å². The third kappa shape index (κ3) is 2.87. The van der Waals surface area contributed by atoms with Crippen molar-refractivity contribution in [3.8, 4) is 0 Å². The van der Waals surface area contributed by atoms with Gasteiger partial charge in [0.1, 0.15) is 5.82 Å². The maximum atomic E-state index is 11.6. The van der Waals surface area contributed by atoms with Crippen LogP contribution in [0.25, 0.3) is 0 Å². The first kappa shape index (κ1) is 13.4. The Balaban J connectivity index is 2.35. The minimum atomic E-state index is -2.97. The van der Waals surface area contributed by atoms with Gasteiger partial charge in [0.2, 0.25) is 0 Å². The van der Waals surface area contributed by atoms with Gasteiger partial charge in [-0.1, -0.05) is 0 Å². The fourth-order valence-electron chi connectivity index (χ4n) is 2.17. The van der Waals surface area contributed by atoms with E-state index in [0.717, 1.165) is 17.1 Å². The molecular formula is C12H19N3O2S. The Bertz CT molecular complexity index is 555. The van der Waals surface area contributed by atoms with Crippen molar-refractivity contribution >= 4 is 9.84 Å². The molecule has 0 aromatic carbocycles. The average molecular weight is 269 g/mol. The molecule has 5 nitrogen and oxygen atoms in total. The van der Waals surface area contributed by atoms with E-state index >= 15 is 0 Å². The molecule has 1 aromatic heterocycles. The molecular weight excluding hydrogens is 250 g/mol. The summed E-state index contributed by atoms with van der Waals surface area (Å²) in [7, 11) is -1.08. The van der Waals surface area contributed by atoms with Gasteiger partial charge in [-0.25, -0.2) is 18.4 Å². The summed E-state index contributed by atoms with van der Waals surface area (Å²) < 4.78 is 23.3. The van der Waals surface area contributed by atoms with Crippen molar-refractivity contribution in [3.05, 3.63) is 22.8 Å². The molecule has 2 rings (SSSR count). The highest BCUT2D eigenvalue weighted by Crippen LogP contribution is 2.21. The highest BCUT2D eigenvalue weighted by molar-refractivity contribution is 7.90. The Morgan fingerprint density at radius 3 is 2.78 bits per heavy atom. The number of sulfone groups is 1. The molecule has 0 spiro atoms. The smallest absolute Gasteiger partial charge is 0.156 e. The molecule has 1 aliphatic heterocycles. The van der Waals surface area contributed by atoms with Crippen molar-refractivity contribution in [1.29, 1.82) is 0 Å². The van der Waals surface area contributed by atoms with Gasteiger partial charge in [0, 0.05) is 18.2 Å². The monoisotopic (exact) mass is 269 g/mol. The molecule has 100 valence electrons. The summed E-state index contributed by atoms with van der Waals surface area (Å²) in [6, 6.07) is 0.280. The van der Waals surface area contributed by atoms with Crippen molar-refractivity contribution in [2.45, 2.75) is 38.5 Å². The highest BCUT2D eigenvalue weighted by atomic mass is 32.2. The Hall–Kier alpha value is -1.01. The molecule has 0 radical (unpaired) electrons. The Kier molecular flexibility index (Phi) is 3.68. The Morgan fingerprint density at radius 2 is 2.11 bits per heavy atom. The molecule has 1 atom stereocenters. The van der Waals surface area contributed by atoms with Gasteiger partial charge in [-0.05, 0) is 32.9 Å². The van der Waals surface area contributed by atoms with Gasteiger partial charge in [-0.2, -0.15) is 0 Å². The van der Waals surface area contributed by atoms with Crippen LogP contribution in [-0.2, 0) is 28.4 Å². The molecule has 1 aliphatic rings. The van der Waals surface area contributed by atoms with E-state index < -0.39 is 9.84 Å². The zero-order valence-electron chi connectivity index (χ0n) is 11.0. The Morgan fingerprint density at radius 1 is 1.39 bits per heavy atom. The van der Waals surface area contributed by atoms with Gasteiger partial charge in [-0.3, -0.25) is 0 Å². The molecule has 1 unspecified atom stereocenters. The zero-order valence-corrected chi connectivity index (χ0v) is 11.8. The van der Waals surface area contributed by atoms with Gasteiger partial charge < -0.3 is 5.32 Å². The van der Waals surface area contributed by atoms with Crippen LogP contribution in [-0.4, -0.2) is 37.2 Å². The Labute approximate surface area is 108 Å². The minimum Gasteiger partial charge on any atom is -0.317 e. The van der Waals surface area contributed by atoms with Crippen LogP contribution in [0.4, 0.5) is 0 Å². The zero-order chi connectivity index (χ0) is 13.3. The molecule has 0 fully saturated rings. The van der Waals surface area contributed by atoms with Crippen molar-refractivity contribution < 1.29 is 8.42 Å². The lowest BCUT2D eigenvalue weighted by Crippen LogP contribution is -2.27. The third-order valence-corrected chi connectivity index (χ3v) is 4.89. The number of nitrogens with zero attached hydrogens (tertiary/aromatic N) is 2. The predicted molar refractivity (Wildman–Crippen MR) is 70.2 cm³/mol. The lowest BCUT2D eigenvalue weighted by atomic mass is 10.1. The van der Waals surface area contributed by atoms with Crippen LogP contribution in [0.3, 0.4) is 0 Å². The van der Waals surface area contributed by atoms with E-state index in [1.807, 2.05) is 14.0 Å². The standard InChI is InChI=1S/C12H19N3O2S/c1-8(13-3)6-12-14-9(2)10-4-5-18(16,17)7-11(10)15-12/h8,13H,4-7H2,1-3H3. The molecule has 0 bridgehead atoms. The van der Waals surface area contributed by atoms with Crippen molar-refractivity contribution in [1.82, 2.24) is 15.3 Å². The predicted octanol–water partition coefficient (Wildman–Crippen LogP) is 0.406. The second-order valence-electron chi connectivity index (χ2n) is 4.89. The third-order valence-electron chi connectivity index (χ3n) is 3.35. The second kappa shape index (κ2) is 4.93. The van der Waals surface area contributed by atoms with Gasteiger partial charge in [-0.15, -0.1) is 0 Å². The largest absolute Gasteiger partial charge is 0.317 e. The normalized spacial score (nSPS) is 19.3. The number of likely N-dealkylation sites (N-methyl/N-ethyl adjacent to an activating group) is 1. The summed E-state index contributed by atoms with van der Waals surface area (Å²) in [5, 5.41) is 3.13. The van der Waals surface area contributed by atoms with Crippen LogP contribution in [0, 0.1) is 6.92 Å². The molecule has 0 saturated heterocycles. The van der Waals surface area contributed by atoms with Gasteiger partial charge >= 0.3 is 0 Å². The van der Waals surface area contributed by atoms with E-state index in [2.05, 4.69) is 22.2 Å². The van der Waals surface area contributed by atoms with E-state index in [9.17, 15) is 8.42 Å². The lowest BCUT2D eigenvalue weighted by Gasteiger charge is -2.19. The van der Waals surface area contributed by atoms with E-state index in [0.29, 0.717) is 18.5 Å². The first-order chi connectivity index (χ1) is 8.41. The number of aryl methyl sites for hydroxylation is 1. The van der Waals surface area contributed by atoms with E-state index in [-0.39, 0.29) is 17.5 Å². The lowest BCUT2D eigenvalue weighted by molar-refractivity contribution is 0.580. The van der Waals surface area contributed by atoms with Gasteiger partial charge in [0.15, 0.2) is 9.84 Å². The molecule has 0 amide bonds. The molecule has 1 aromatic rings. The summed E-state index contributed by atoms with van der Waals surface area (Å²) in [5.41, 5.74) is 2.64. The number of hydrogen-bond donors (Lipinski definition) is 1. The van der Waals surface area contributed by atoms with Gasteiger partial charge in [0.05, 0.1) is 17.2 Å². The average Bonchev–Trinajstić information content (AvgIpc) is 2.26. The summed E-state index contributed by atoms with van der Waals surface area (Å²) in [6.45, 7) is 3.99. The number of hydrogen-bond acceptors (Lipinski definition) is 5. The topological polar surface area (TPSA) is 72.0 Å². The van der Waals surface area contributed by atoms with Crippen molar-refractivity contribution in [2.75, 3.05) is 12.8 Å². The fraction of sp³-hybridized carbons (Fsp3) is 0.667. The molecule has 0 saturated carbocycles. The molecule has 6 heteroatoms. The minimum absolute atomic E-state index is 0.0621. The number of nitrogens with one attached hydrogen (secondary N) is 1. The first-order valence-electron chi connectivity index (χ1n) is 6.14. The highest BCUT2D eigenvalue weighted by Gasteiger charge is 2.25. The maximum Gasteiger partial charge on any atom is 0.156 e. The van der Waals surface area contributed by atoms with Gasteiger partial charge in [0.25, 0.3) is 0 Å². The van der Waals surface area contributed by atoms with Crippen molar-refractivity contribution in [3.63, 3.8) is 0 Å². The fourth-order valence-corrected chi connectivity index (χ4v) is 3.48.